The number of anilines is 1. The zero-order chi connectivity index (χ0) is 26.8. The molecule has 2 atom stereocenters. The number of carbonyl (C=O) groups excluding carboxylic acids is 1. The SMILES string of the molecule is O=C(NCC1(c2ccc(C3=CC4OCOC4CC3)cc2)CCN(C2CCCC2)CC1)Nc1cc(Cl)cc(Cl)c1. The van der Waals surface area contributed by atoms with Gasteiger partial charge in [0.25, 0.3) is 0 Å². The Morgan fingerprint density at radius 1 is 0.974 bits per heavy atom. The Morgan fingerprint density at radius 3 is 2.41 bits per heavy atom. The van der Waals surface area contributed by atoms with Gasteiger partial charge in [-0.15, -0.1) is 0 Å². The minimum atomic E-state index is -0.247. The van der Waals surface area contributed by atoms with Gasteiger partial charge in [-0.3, -0.25) is 0 Å². The highest BCUT2D eigenvalue weighted by Gasteiger charge is 2.39. The zero-order valence-corrected chi connectivity index (χ0v) is 23.8. The molecule has 0 bridgehead atoms. The Hall–Kier alpha value is -2.09. The van der Waals surface area contributed by atoms with E-state index in [0.717, 1.165) is 44.8 Å². The number of urea groups is 1. The molecular formula is C31H37Cl2N3O3. The number of ether oxygens (including phenoxy) is 2. The molecule has 2 unspecified atom stereocenters. The van der Waals surface area contributed by atoms with Crippen LogP contribution in [0.1, 0.15) is 62.5 Å². The van der Waals surface area contributed by atoms with E-state index in [0.29, 0.717) is 29.1 Å². The summed E-state index contributed by atoms with van der Waals surface area (Å²) < 4.78 is 11.4. The molecule has 1 saturated carbocycles. The second kappa shape index (κ2) is 11.8. The average Bonchev–Trinajstić information content (AvgIpc) is 3.64. The van der Waals surface area contributed by atoms with Gasteiger partial charge in [-0.25, -0.2) is 4.79 Å². The fraction of sp³-hybridized carbons (Fsp3) is 0.516. The minimum absolute atomic E-state index is 0.0665. The molecule has 0 radical (unpaired) electrons. The van der Waals surface area contributed by atoms with Crippen LogP contribution in [0.15, 0.2) is 48.5 Å². The second-order valence-electron chi connectivity index (χ2n) is 11.5. The summed E-state index contributed by atoms with van der Waals surface area (Å²) in [5, 5.41) is 7.05. The molecule has 208 valence electrons. The van der Waals surface area contributed by atoms with Crippen LogP contribution in [0.3, 0.4) is 0 Å². The van der Waals surface area contributed by atoms with Crippen molar-refractivity contribution in [3.8, 4) is 0 Å². The number of amides is 2. The summed E-state index contributed by atoms with van der Waals surface area (Å²) in [4.78, 5) is 15.6. The van der Waals surface area contributed by atoms with Crippen LogP contribution in [-0.2, 0) is 14.9 Å². The van der Waals surface area contributed by atoms with Crippen molar-refractivity contribution in [2.75, 3.05) is 31.7 Å². The van der Waals surface area contributed by atoms with Crippen molar-refractivity contribution < 1.29 is 14.3 Å². The third-order valence-electron chi connectivity index (χ3n) is 9.14. The first-order valence-corrected chi connectivity index (χ1v) is 15.0. The molecule has 2 amide bonds. The summed E-state index contributed by atoms with van der Waals surface area (Å²) in [6.45, 7) is 3.09. The van der Waals surface area contributed by atoms with Crippen LogP contribution >= 0.6 is 23.2 Å². The number of nitrogens with zero attached hydrogens (tertiary/aromatic N) is 1. The molecule has 2 aromatic carbocycles. The van der Waals surface area contributed by atoms with E-state index in [9.17, 15) is 4.79 Å². The van der Waals surface area contributed by atoms with E-state index in [1.165, 1.54) is 42.4 Å². The van der Waals surface area contributed by atoms with Crippen LogP contribution < -0.4 is 10.6 Å². The molecule has 2 aliphatic heterocycles. The minimum Gasteiger partial charge on any atom is -0.349 e. The maximum Gasteiger partial charge on any atom is 0.319 e. The average molecular weight is 571 g/mol. The van der Waals surface area contributed by atoms with E-state index in [2.05, 4.69) is 45.9 Å². The van der Waals surface area contributed by atoms with E-state index in [-0.39, 0.29) is 23.7 Å². The Kier molecular flexibility index (Phi) is 8.20. The summed E-state index contributed by atoms with van der Waals surface area (Å²) in [5.74, 6) is 0. The molecule has 0 spiro atoms. The van der Waals surface area contributed by atoms with Gasteiger partial charge in [0.05, 0.1) is 6.10 Å². The number of piperidine rings is 1. The Morgan fingerprint density at radius 2 is 1.69 bits per heavy atom. The summed E-state index contributed by atoms with van der Waals surface area (Å²) in [7, 11) is 0. The van der Waals surface area contributed by atoms with Gasteiger partial charge in [0, 0.05) is 33.7 Å². The molecule has 2 aliphatic carbocycles. The van der Waals surface area contributed by atoms with E-state index in [4.69, 9.17) is 32.7 Å². The number of benzene rings is 2. The quantitative estimate of drug-likeness (QED) is 0.392. The molecule has 8 heteroatoms. The Balaban J connectivity index is 1.18. The van der Waals surface area contributed by atoms with Crippen molar-refractivity contribution in [1.82, 2.24) is 10.2 Å². The van der Waals surface area contributed by atoms with Crippen molar-refractivity contribution in [1.29, 1.82) is 0 Å². The number of hydrogen-bond donors (Lipinski definition) is 2. The summed E-state index contributed by atoms with van der Waals surface area (Å²) in [6, 6.07) is 14.6. The lowest BCUT2D eigenvalue weighted by atomic mass is 9.72. The van der Waals surface area contributed by atoms with Crippen LogP contribution in [0.25, 0.3) is 5.57 Å². The van der Waals surface area contributed by atoms with Crippen LogP contribution in [0.2, 0.25) is 10.0 Å². The van der Waals surface area contributed by atoms with Crippen LogP contribution in [-0.4, -0.2) is 55.6 Å². The van der Waals surface area contributed by atoms with Crippen LogP contribution in [0, 0.1) is 0 Å². The van der Waals surface area contributed by atoms with E-state index >= 15 is 0 Å². The third-order valence-corrected chi connectivity index (χ3v) is 9.58. The maximum absolute atomic E-state index is 12.9. The molecule has 39 heavy (non-hydrogen) atoms. The molecular weight excluding hydrogens is 533 g/mol. The number of allylic oxidation sites excluding steroid dienone is 1. The van der Waals surface area contributed by atoms with Gasteiger partial charge in [0.15, 0.2) is 0 Å². The molecule has 4 aliphatic rings. The maximum atomic E-state index is 12.9. The number of nitrogens with one attached hydrogen (secondary N) is 2. The predicted molar refractivity (Wildman–Crippen MR) is 156 cm³/mol. The molecule has 2 N–H and O–H groups in total. The lowest BCUT2D eigenvalue weighted by Gasteiger charge is -2.44. The third kappa shape index (κ3) is 6.15. The van der Waals surface area contributed by atoms with Gasteiger partial charge in [0.2, 0.25) is 0 Å². The van der Waals surface area contributed by atoms with Gasteiger partial charge in [-0.2, -0.15) is 0 Å². The number of rotatable bonds is 6. The van der Waals surface area contributed by atoms with Gasteiger partial charge < -0.3 is 25.0 Å². The number of fused-ring (bicyclic) bond motifs is 1. The topological polar surface area (TPSA) is 62.8 Å². The highest BCUT2D eigenvalue weighted by molar-refractivity contribution is 6.35. The first kappa shape index (κ1) is 27.1. The van der Waals surface area contributed by atoms with Crippen molar-refractivity contribution in [2.24, 2.45) is 0 Å². The van der Waals surface area contributed by atoms with E-state index in [1.54, 1.807) is 18.2 Å². The standard InChI is InChI=1S/C31H37Cl2N3O3/c32-24-16-25(33)18-26(17-24)35-30(37)34-19-31(11-13-36(14-12-31)27-3-1-2-4-27)23-8-5-21(6-9-23)22-7-10-28-29(15-22)39-20-38-28/h5-6,8-9,15-18,27-29H,1-4,7,10-14,19-20H2,(H2,34,35,37). The monoisotopic (exact) mass is 569 g/mol. The largest absolute Gasteiger partial charge is 0.349 e. The van der Waals surface area contributed by atoms with Crippen molar-refractivity contribution in [3.63, 3.8) is 0 Å². The van der Waals surface area contributed by atoms with Gasteiger partial charge in [0.1, 0.15) is 12.9 Å². The number of hydrogen-bond acceptors (Lipinski definition) is 4. The fourth-order valence-electron chi connectivity index (χ4n) is 6.87. The zero-order valence-electron chi connectivity index (χ0n) is 22.3. The number of carbonyl (C=O) groups is 1. The highest BCUT2D eigenvalue weighted by atomic mass is 35.5. The summed E-state index contributed by atoms with van der Waals surface area (Å²) in [5.41, 5.74) is 4.33. The van der Waals surface area contributed by atoms with E-state index < -0.39 is 0 Å². The highest BCUT2D eigenvalue weighted by Crippen LogP contribution is 2.39. The Labute approximate surface area is 241 Å². The Bertz CT molecular complexity index is 1180. The molecule has 6 rings (SSSR count). The van der Waals surface area contributed by atoms with Gasteiger partial charge in [-0.1, -0.05) is 60.3 Å². The van der Waals surface area contributed by atoms with Crippen molar-refractivity contribution in [2.45, 2.75) is 75.0 Å². The van der Waals surface area contributed by atoms with Crippen LogP contribution in [0.5, 0.6) is 0 Å². The number of halogens is 2. The summed E-state index contributed by atoms with van der Waals surface area (Å²) >= 11 is 12.2. The molecule has 2 heterocycles. The normalized spacial score (nSPS) is 25.2. The van der Waals surface area contributed by atoms with Gasteiger partial charge in [-0.05, 0) is 92.6 Å². The predicted octanol–water partition coefficient (Wildman–Crippen LogP) is 7.01. The van der Waals surface area contributed by atoms with Gasteiger partial charge >= 0.3 is 6.03 Å². The van der Waals surface area contributed by atoms with Crippen molar-refractivity contribution in [3.05, 3.63) is 69.7 Å². The number of likely N-dealkylation sites (tertiary alicyclic amines) is 1. The summed E-state index contributed by atoms with van der Waals surface area (Å²) in [6.07, 6.45) is 11.9. The molecule has 0 aromatic heterocycles. The second-order valence-corrected chi connectivity index (χ2v) is 12.4. The first-order valence-electron chi connectivity index (χ1n) is 14.3. The lowest BCUT2D eigenvalue weighted by Crippen LogP contribution is -2.51. The van der Waals surface area contributed by atoms with Crippen molar-refractivity contribution >= 4 is 40.5 Å². The lowest BCUT2D eigenvalue weighted by molar-refractivity contribution is 0.0424. The molecule has 2 saturated heterocycles. The smallest absolute Gasteiger partial charge is 0.319 e. The molecule has 3 fully saturated rings. The fourth-order valence-corrected chi connectivity index (χ4v) is 7.40. The molecule has 2 aromatic rings. The van der Waals surface area contributed by atoms with Crippen LogP contribution in [0.4, 0.5) is 10.5 Å². The first-order chi connectivity index (χ1) is 19.0. The van der Waals surface area contributed by atoms with E-state index in [1.807, 2.05) is 0 Å². The molecule has 6 nitrogen and oxygen atoms in total.